The van der Waals surface area contributed by atoms with Crippen LogP contribution in [-0.2, 0) is 12.8 Å². The summed E-state index contributed by atoms with van der Waals surface area (Å²) in [7, 11) is 0. The number of aromatic hydroxyl groups is 2. The van der Waals surface area contributed by atoms with Crippen molar-refractivity contribution < 1.29 is 25.2 Å². The van der Waals surface area contributed by atoms with Crippen molar-refractivity contribution in [3.05, 3.63) is 46.6 Å². The van der Waals surface area contributed by atoms with Crippen molar-refractivity contribution in [1.82, 2.24) is 0 Å². The van der Waals surface area contributed by atoms with Crippen molar-refractivity contribution in [3.63, 3.8) is 0 Å². The van der Waals surface area contributed by atoms with Crippen molar-refractivity contribution >= 4 is 5.97 Å². The van der Waals surface area contributed by atoms with E-state index in [1.54, 1.807) is 6.92 Å². The molecule has 5 nitrogen and oxygen atoms in total. The van der Waals surface area contributed by atoms with E-state index >= 15 is 0 Å². The highest BCUT2D eigenvalue weighted by Crippen LogP contribution is 2.35. The first kappa shape index (κ1) is 22.8. The zero-order chi connectivity index (χ0) is 20.6. The van der Waals surface area contributed by atoms with Crippen LogP contribution in [0.2, 0.25) is 0 Å². The van der Waals surface area contributed by atoms with E-state index in [4.69, 9.17) is 0 Å². The van der Waals surface area contributed by atoms with E-state index in [9.17, 15) is 25.2 Å². The van der Waals surface area contributed by atoms with Crippen LogP contribution in [0, 0.1) is 0 Å². The Morgan fingerprint density at radius 3 is 2.48 bits per heavy atom. The number of carbonyl (C=O) groups is 1. The third-order valence-corrected chi connectivity index (χ3v) is 4.76. The molecule has 1 aromatic carbocycles. The lowest BCUT2D eigenvalue weighted by molar-refractivity contribution is 0.0692. The maximum absolute atomic E-state index is 11.6. The Labute approximate surface area is 161 Å². The van der Waals surface area contributed by atoms with E-state index in [-0.39, 0.29) is 29.0 Å². The molecule has 1 unspecified atom stereocenters. The minimum atomic E-state index is -1.19. The number of rotatable bonds is 11. The van der Waals surface area contributed by atoms with E-state index in [1.165, 1.54) is 6.07 Å². The van der Waals surface area contributed by atoms with E-state index in [1.807, 2.05) is 13.0 Å². The maximum atomic E-state index is 11.6. The fourth-order valence-corrected chi connectivity index (χ4v) is 2.94. The molecule has 0 heterocycles. The summed E-state index contributed by atoms with van der Waals surface area (Å²) in [6.45, 7) is 9.45. The molecule has 0 aromatic heterocycles. The number of aliphatic hydroxyl groups excluding tert-OH is 1. The number of carboxylic acid groups (broad SMARTS) is 1. The van der Waals surface area contributed by atoms with Crippen LogP contribution in [0.15, 0.2) is 29.9 Å². The van der Waals surface area contributed by atoms with Gasteiger partial charge in [0, 0.05) is 5.56 Å². The lowest BCUT2D eigenvalue weighted by Crippen LogP contribution is -2.07. The number of unbranched alkanes of at least 4 members (excludes halogenated alkanes) is 2. The molecule has 150 valence electrons. The van der Waals surface area contributed by atoms with Gasteiger partial charge >= 0.3 is 5.97 Å². The number of hydrogen-bond acceptors (Lipinski definition) is 4. The second-order valence-electron chi connectivity index (χ2n) is 7.17. The smallest absolute Gasteiger partial charge is 0.339 e. The van der Waals surface area contributed by atoms with Gasteiger partial charge in [0.15, 0.2) is 0 Å². The second-order valence-corrected chi connectivity index (χ2v) is 7.17. The van der Waals surface area contributed by atoms with Crippen molar-refractivity contribution in [2.45, 2.75) is 71.8 Å². The van der Waals surface area contributed by atoms with Gasteiger partial charge in [0.2, 0.25) is 0 Å². The number of aromatic carboxylic acids is 1. The van der Waals surface area contributed by atoms with Crippen molar-refractivity contribution in [1.29, 1.82) is 0 Å². The number of phenolic OH excluding ortho intramolecular Hbond substituents is 1. The molecule has 1 aromatic rings. The maximum Gasteiger partial charge on any atom is 0.339 e. The molecule has 0 amide bonds. The van der Waals surface area contributed by atoms with Gasteiger partial charge in [-0.15, -0.1) is 0 Å². The summed E-state index contributed by atoms with van der Waals surface area (Å²) in [6.07, 6.45) is 5.97. The average Bonchev–Trinajstić information content (AvgIpc) is 2.58. The highest BCUT2D eigenvalue weighted by atomic mass is 16.4. The van der Waals surface area contributed by atoms with Crippen LogP contribution in [0.1, 0.15) is 74.4 Å². The summed E-state index contributed by atoms with van der Waals surface area (Å²) in [4.78, 5) is 11.6. The molecular formula is C22H32O5. The van der Waals surface area contributed by atoms with Gasteiger partial charge in [-0.1, -0.05) is 43.6 Å². The quantitative estimate of drug-likeness (QED) is 0.330. The first-order chi connectivity index (χ1) is 12.7. The van der Waals surface area contributed by atoms with Crippen molar-refractivity contribution in [2.75, 3.05) is 0 Å². The summed E-state index contributed by atoms with van der Waals surface area (Å²) in [5.74, 6) is -1.64. The standard InChI is InChI=1S/C22H32O5/c1-5-6-7-8-16-13-19(24)17(21(25)20(16)22(26)27)11-9-15(4)10-12-18(23)14(2)3/h9,13,18,23-25H,2,5-8,10-12H2,1,3-4H3,(H,26,27)/b15-9+. The number of carboxylic acids is 1. The van der Waals surface area contributed by atoms with E-state index in [0.29, 0.717) is 30.4 Å². The van der Waals surface area contributed by atoms with Crippen LogP contribution in [0.3, 0.4) is 0 Å². The third-order valence-electron chi connectivity index (χ3n) is 4.76. The molecule has 0 aliphatic rings. The molecule has 0 bridgehead atoms. The van der Waals surface area contributed by atoms with Crippen LogP contribution in [0.4, 0.5) is 0 Å². The minimum absolute atomic E-state index is 0.0879. The summed E-state index contributed by atoms with van der Waals surface area (Å²) < 4.78 is 0. The first-order valence-corrected chi connectivity index (χ1v) is 9.48. The van der Waals surface area contributed by atoms with Gasteiger partial charge in [-0.3, -0.25) is 0 Å². The van der Waals surface area contributed by atoms with Gasteiger partial charge < -0.3 is 20.4 Å². The topological polar surface area (TPSA) is 98.0 Å². The Kier molecular flexibility index (Phi) is 9.09. The number of benzene rings is 1. The number of aryl methyl sites for hydroxylation is 1. The lowest BCUT2D eigenvalue weighted by Gasteiger charge is -2.14. The van der Waals surface area contributed by atoms with Crippen molar-refractivity contribution in [3.8, 4) is 11.5 Å². The normalized spacial score (nSPS) is 12.8. The number of hydrogen-bond donors (Lipinski definition) is 4. The molecule has 1 rings (SSSR count). The van der Waals surface area contributed by atoms with Crippen LogP contribution < -0.4 is 0 Å². The molecule has 5 heteroatoms. The van der Waals surface area contributed by atoms with E-state index in [0.717, 1.165) is 24.8 Å². The summed E-state index contributed by atoms with van der Waals surface area (Å²) in [6, 6.07) is 1.46. The predicted octanol–water partition coefficient (Wildman–Crippen LogP) is 4.73. The van der Waals surface area contributed by atoms with Gasteiger partial charge in [0.05, 0.1) is 6.10 Å². The van der Waals surface area contributed by atoms with Crippen molar-refractivity contribution in [2.24, 2.45) is 0 Å². The Bertz CT molecular complexity index is 703. The van der Waals surface area contributed by atoms with E-state index < -0.39 is 12.1 Å². The Morgan fingerprint density at radius 1 is 1.26 bits per heavy atom. The molecule has 0 aliphatic heterocycles. The molecule has 0 spiro atoms. The first-order valence-electron chi connectivity index (χ1n) is 9.48. The van der Waals surface area contributed by atoms with Crippen LogP contribution in [0.25, 0.3) is 0 Å². The molecule has 27 heavy (non-hydrogen) atoms. The van der Waals surface area contributed by atoms with Gasteiger partial charge in [-0.05, 0) is 57.6 Å². The minimum Gasteiger partial charge on any atom is -0.508 e. The fraction of sp³-hybridized carbons (Fsp3) is 0.500. The molecule has 4 N–H and O–H groups in total. The molecule has 0 saturated carbocycles. The van der Waals surface area contributed by atoms with Gasteiger partial charge in [0.25, 0.3) is 0 Å². The average molecular weight is 376 g/mol. The summed E-state index contributed by atoms with van der Waals surface area (Å²) >= 11 is 0. The Balaban J connectivity index is 3.00. The van der Waals surface area contributed by atoms with E-state index in [2.05, 4.69) is 13.5 Å². The molecule has 0 radical (unpaired) electrons. The van der Waals surface area contributed by atoms with Gasteiger partial charge in [-0.25, -0.2) is 4.79 Å². The van der Waals surface area contributed by atoms with Crippen LogP contribution >= 0.6 is 0 Å². The lowest BCUT2D eigenvalue weighted by atomic mass is 9.94. The highest BCUT2D eigenvalue weighted by Gasteiger charge is 2.21. The predicted molar refractivity (Wildman–Crippen MR) is 107 cm³/mol. The molecule has 0 fully saturated rings. The monoisotopic (exact) mass is 376 g/mol. The zero-order valence-corrected chi connectivity index (χ0v) is 16.6. The molecule has 0 saturated heterocycles. The third kappa shape index (κ3) is 6.75. The second kappa shape index (κ2) is 10.8. The molecular weight excluding hydrogens is 344 g/mol. The van der Waals surface area contributed by atoms with Crippen LogP contribution in [-0.4, -0.2) is 32.5 Å². The Morgan fingerprint density at radius 2 is 1.93 bits per heavy atom. The van der Waals surface area contributed by atoms with Crippen LogP contribution in [0.5, 0.6) is 11.5 Å². The van der Waals surface area contributed by atoms with Gasteiger partial charge in [-0.2, -0.15) is 0 Å². The molecule has 0 aliphatic carbocycles. The number of phenols is 2. The molecule has 1 atom stereocenters. The van der Waals surface area contributed by atoms with Gasteiger partial charge in [0.1, 0.15) is 17.1 Å². The largest absolute Gasteiger partial charge is 0.508 e. The summed E-state index contributed by atoms with van der Waals surface area (Å²) in [5.41, 5.74) is 2.25. The number of aliphatic hydroxyl groups is 1. The Hall–Kier alpha value is -2.27. The highest BCUT2D eigenvalue weighted by molar-refractivity contribution is 5.93. The zero-order valence-electron chi connectivity index (χ0n) is 16.6. The SMILES string of the molecule is C=C(C)C(O)CC/C(C)=C/Cc1c(O)cc(CCCCC)c(C(=O)O)c1O. The number of allylic oxidation sites excluding steroid dienone is 2. The fourth-order valence-electron chi connectivity index (χ4n) is 2.94. The summed E-state index contributed by atoms with van der Waals surface area (Å²) in [5, 5.41) is 40.1.